The first kappa shape index (κ1) is 19.4. The second-order valence-electron chi connectivity index (χ2n) is 7.32. The Labute approximate surface area is 180 Å². The summed E-state index contributed by atoms with van der Waals surface area (Å²) in [6.07, 6.45) is 2.57. The van der Waals surface area contributed by atoms with Gasteiger partial charge in [0.05, 0.1) is 16.9 Å². The Morgan fingerprint density at radius 2 is 2.03 bits per heavy atom. The number of nitrogens with zero attached hydrogens (tertiary/aromatic N) is 7. The lowest BCUT2D eigenvalue weighted by molar-refractivity contribution is -0.386. The van der Waals surface area contributed by atoms with Gasteiger partial charge in [-0.05, 0) is 44.9 Å². The van der Waals surface area contributed by atoms with Crippen LogP contribution in [0.1, 0.15) is 34.5 Å². The molecule has 0 aliphatic carbocycles. The van der Waals surface area contributed by atoms with Crippen molar-refractivity contribution in [1.29, 1.82) is 0 Å². The van der Waals surface area contributed by atoms with Crippen LogP contribution in [0.25, 0.3) is 27.4 Å². The van der Waals surface area contributed by atoms with E-state index in [4.69, 9.17) is 9.40 Å². The first-order valence-electron chi connectivity index (χ1n) is 9.78. The van der Waals surface area contributed by atoms with Gasteiger partial charge in [0.15, 0.2) is 11.4 Å². The highest BCUT2D eigenvalue weighted by molar-refractivity contribution is 7.18. The number of furan rings is 1. The maximum atomic E-state index is 11.2. The molecule has 5 heterocycles. The van der Waals surface area contributed by atoms with Crippen LogP contribution in [-0.2, 0) is 13.0 Å². The molecule has 0 aliphatic rings. The Hall–Kier alpha value is -3.60. The van der Waals surface area contributed by atoms with Crippen LogP contribution in [0, 0.1) is 30.9 Å². The largest absolute Gasteiger partial charge is 0.456 e. The van der Waals surface area contributed by atoms with Gasteiger partial charge in [-0.3, -0.25) is 14.8 Å². The van der Waals surface area contributed by atoms with E-state index in [-0.39, 0.29) is 12.2 Å². The zero-order valence-electron chi connectivity index (χ0n) is 17.4. The summed E-state index contributed by atoms with van der Waals surface area (Å²) in [6, 6.07) is 3.61. The number of aromatic nitrogens is 6. The monoisotopic (exact) mass is 437 g/mol. The zero-order valence-corrected chi connectivity index (χ0v) is 18.2. The third-order valence-electron chi connectivity index (χ3n) is 5.40. The molecule has 5 aromatic heterocycles. The van der Waals surface area contributed by atoms with Gasteiger partial charge in [-0.25, -0.2) is 14.5 Å². The smallest absolute Gasteiger partial charge is 0.312 e. The summed E-state index contributed by atoms with van der Waals surface area (Å²) in [6.45, 7) is 7.81. The highest BCUT2D eigenvalue weighted by atomic mass is 32.1. The summed E-state index contributed by atoms with van der Waals surface area (Å²) >= 11 is 1.66. The van der Waals surface area contributed by atoms with Gasteiger partial charge in [-0.2, -0.15) is 5.10 Å². The molecule has 5 aromatic rings. The summed E-state index contributed by atoms with van der Waals surface area (Å²) in [7, 11) is 0. The maximum Gasteiger partial charge on any atom is 0.312 e. The molecule has 0 atom stereocenters. The molecular weight excluding hydrogens is 418 g/mol. The lowest BCUT2D eigenvalue weighted by Gasteiger charge is -2.00. The molecule has 0 saturated carbocycles. The Bertz CT molecular complexity index is 1470. The summed E-state index contributed by atoms with van der Waals surface area (Å²) in [5.74, 6) is 1.59. The number of rotatable bonds is 5. The van der Waals surface area contributed by atoms with E-state index in [0.717, 1.165) is 22.3 Å². The van der Waals surface area contributed by atoms with Gasteiger partial charge < -0.3 is 4.42 Å². The standard InChI is InChI=1S/C20H19N7O3S/c1-5-14-12(4)31-20-16(14)19-22-18(24-26(19)9-21-20)15-7-6-13(30-15)8-25-11(3)17(27(28)29)10(2)23-25/h6-7,9H,5,8H2,1-4H3. The zero-order chi connectivity index (χ0) is 21.9. The molecule has 10 nitrogen and oxygen atoms in total. The van der Waals surface area contributed by atoms with Crippen LogP contribution in [0.2, 0.25) is 0 Å². The molecule has 0 bridgehead atoms. The van der Waals surface area contributed by atoms with Gasteiger partial charge in [0.25, 0.3) is 0 Å². The van der Waals surface area contributed by atoms with E-state index >= 15 is 0 Å². The summed E-state index contributed by atoms with van der Waals surface area (Å²) < 4.78 is 9.20. The van der Waals surface area contributed by atoms with Gasteiger partial charge >= 0.3 is 5.69 Å². The highest BCUT2D eigenvalue weighted by Crippen LogP contribution is 2.33. The van der Waals surface area contributed by atoms with E-state index in [2.05, 4.69) is 29.0 Å². The fourth-order valence-corrected chi connectivity index (χ4v) is 5.01. The maximum absolute atomic E-state index is 11.2. The van der Waals surface area contributed by atoms with Crippen LogP contribution < -0.4 is 0 Å². The Kier molecular flexibility index (Phi) is 4.36. The van der Waals surface area contributed by atoms with Crippen molar-refractivity contribution in [3.8, 4) is 11.6 Å². The molecule has 0 amide bonds. The molecule has 0 fully saturated rings. The minimum absolute atomic E-state index is 0.0306. The first-order valence-corrected chi connectivity index (χ1v) is 10.6. The van der Waals surface area contributed by atoms with Crippen molar-refractivity contribution in [2.45, 2.75) is 40.7 Å². The quantitative estimate of drug-likeness (QED) is 0.298. The van der Waals surface area contributed by atoms with Gasteiger partial charge in [0, 0.05) is 4.88 Å². The van der Waals surface area contributed by atoms with Crippen LogP contribution in [0.4, 0.5) is 5.69 Å². The van der Waals surface area contributed by atoms with Crippen LogP contribution >= 0.6 is 11.3 Å². The van der Waals surface area contributed by atoms with Gasteiger partial charge in [-0.1, -0.05) is 6.92 Å². The summed E-state index contributed by atoms with van der Waals surface area (Å²) in [5, 5.41) is 21.1. The van der Waals surface area contributed by atoms with E-state index in [1.165, 1.54) is 10.4 Å². The minimum Gasteiger partial charge on any atom is -0.456 e. The second kappa shape index (κ2) is 6.98. The fourth-order valence-electron chi connectivity index (χ4n) is 3.93. The first-order chi connectivity index (χ1) is 14.9. The van der Waals surface area contributed by atoms with Gasteiger partial charge in [0.2, 0.25) is 5.82 Å². The summed E-state index contributed by atoms with van der Waals surface area (Å²) in [4.78, 5) is 22.3. The molecule has 0 radical (unpaired) electrons. The molecule has 31 heavy (non-hydrogen) atoms. The van der Waals surface area contributed by atoms with E-state index in [1.54, 1.807) is 46.8 Å². The second-order valence-corrected chi connectivity index (χ2v) is 8.52. The molecule has 0 aliphatic heterocycles. The van der Waals surface area contributed by atoms with E-state index in [1.807, 2.05) is 6.07 Å². The van der Waals surface area contributed by atoms with E-state index in [9.17, 15) is 10.1 Å². The van der Waals surface area contributed by atoms with Crippen molar-refractivity contribution in [3.63, 3.8) is 0 Å². The number of hydrogen-bond donors (Lipinski definition) is 0. The number of thiophene rings is 1. The number of aryl methyl sites for hydroxylation is 3. The Morgan fingerprint density at radius 3 is 2.74 bits per heavy atom. The third kappa shape index (κ3) is 3.00. The number of fused-ring (bicyclic) bond motifs is 3. The van der Waals surface area contributed by atoms with Gasteiger partial charge in [0.1, 0.15) is 28.3 Å². The van der Waals surface area contributed by atoms with Gasteiger partial charge in [-0.15, -0.1) is 16.4 Å². The summed E-state index contributed by atoms with van der Waals surface area (Å²) in [5.41, 5.74) is 2.89. The predicted molar refractivity (Wildman–Crippen MR) is 115 cm³/mol. The fraction of sp³-hybridized carbons (Fsp3) is 0.300. The average Bonchev–Trinajstić information content (AvgIpc) is 3.46. The van der Waals surface area contributed by atoms with E-state index < -0.39 is 4.92 Å². The number of nitro groups is 1. The molecule has 5 rings (SSSR count). The lowest BCUT2D eigenvalue weighted by atomic mass is 10.1. The number of hydrogen-bond acceptors (Lipinski definition) is 8. The van der Waals surface area contributed by atoms with Crippen LogP contribution in [0.3, 0.4) is 0 Å². The lowest BCUT2D eigenvalue weighted by Crippen LogP contribution is -2.03. The molecule has 0 N–H and O–H groups in total. The highest BCUT2D eigenvalue weighted by Gasteiger charge is 2.23. The van der Waals surface area contributed by atoms with E-state index in [0.29, 0.717) is 28.7 Å². The van der Waals surface area contributed by atoms with Crippen LogP contribution in [0.15, 0.2) is 22.9 Å². The average molecular weight is 437 g/mol. The molecule has 0 spiro atoms. The Morgan fingerprint density at radius 1 is 1.23 bits per heavy atom. The Balaban J connectivity index is 1.52. The topological polar surface area (TPSA) is 117 Å². The minimum atomic E-state index is -0.409. The van der Waals surface area contributed by atoms with Crippen molar-refractivity contribution >= 4 is 32.9 Å². The molecule has 11 heteroatoms. The normalized spacial score (nSPS) is 11.7. The van der Waals surface area contributed by atoms with Crippen LogP contribution in [0.5, 0.6) is 0 Å². The molecule has 0 saturated heterocycles. The van der Waals surface area contributed by atoms with Crippen molar-refractivity contribution in [2.75, 3.05) is 0 Å². The SMILES string of the molecule is CCc1c(C)sc2ncn3nc(-c4ccc(Cn5nc(C)c([N+](=O)[O-])c5C)o4)nc3c12. The molecule has 0 unspecified atom stereocenters. The molecule has 158 valence electrons. The van der Waals surface area contributed by atoms with Crippen molar-refractivity contribution in [3.05, 3.63) is 56.2 Å². The van der Waals surface area contributed by atoms with Crippen molar-refractivity contribution in [2.24, 2.45) is 0 Å². The molecular formula is C20H19N7O3S. The molecule has 0 aromatic carbocycles. The van der Waals surface area contributed by atoms with Crippen molar-refractivity contribution < 1.29 is 9.34 Å². The predicted octanol–water partition coefficient (Wildman–Crippen LogP) is 4.24. The van der Waals surface area contributed by atoms with Crippen LogP contribution in [-0.4, -0.2) is 34.3 Å². The van der Waals surface area contributed by atoms with Crippen molar-refractivity contribution in [1.82, 2.24) is 29.4 Å². The third-order valence-corrected chi connectivity index (χ3v) is 6.45.